The fourth-order valence-corrected chi connectivity index (χ4v) is 2.84. The molecule has 0 fully saturated rings. The number of H-pyrrole nitrogens is 2. The molecule has 0 bridgehead atoms. The van der Waals surface area contributed by atoms with Gasteiger partial charge in [0, 0.05) is 34.2 Å². The van der Waals surface area contributed by atoms with Crippen LogP contribution in [0.3, 0.4) is 0 Å². The van der Waals surface area contributed by atoms with Crippen LogP contribution in [0.25, 0.3) is 21.8 Å². The second-order valence-electron chi connectivity index (χ2n) is 5.33. The van der Waals surface area contributed by atoms with Crippen molar-refractivity contribution >= 4 is 33.4 Å². The molecule has 4 rings (SSSR count). The maximum atomic E-state index is 12.4. The standard InChI is InChI=1S/C18H15N3O/c22-18(10-12-11-20-15-5-2-1-4-13(12)15)21-17-7-3-6-16-14(17)8-9-19-16/h1-9,11,19-20H,10H2,(H,21,22). The van der Waals surface area contributed by atoms with Crippen molar-refractivity contribution in [3.8, 4) is 0 Å². The molecule has 108 valence electrons. The Morgan fingerprint density at radius 1 is 0.909 bits per heavy atom. The summed E-state index contributed by atoms with van der Waals surface area (Å²) in [6.45, 7) is 0. The first-order valence-electron chi connectivity index (χ1n) is 7.22. The molecule has 4 heteroatoms. The highest BCUT2D eigenvalue weighted by atomic mass is 16.1. The minimum atomic E-state index is -0.0153. The zero-order chi connectivity index (χ0) is 14.9. The molecular weight excluding hydrogens is 274 g/mol. The second-order valence-corrected chi connectivity index (χ2v) is 5.33. The van der Waals surface area contributed by atoms with E-state index in [-0.39, 0.29) is 5.91 Å². The van der Waals surface area contributed by atoms with E-state index in [0.29, 0.717) is 6.42 Å². The van der Waals surface area contributed by atoms with Gasteiger partial charge in [-0.1, -0.05) is 24.3 Å². The zero-order valence-electron chi connectivity index (χ0n) is 11.9. The SMILES string of the molecule is O=C(Cc1c[nH]c2ccccc12)Nc1cccc2[nH]ccc12. The van der Waals surface area contributed by atoms with Gasteiger partial charge < -0.3 is 15.3 Å². The number of carbonyl (C=O) groups excluding carboxylic acids is 1. The summed E-state index contributed by atoms with van der Waals surface area (Å²) in [4.78, 5) is 18.7. The van der Waals surface area contributed by atoms with Crippen molar-refractivity contribution in [3.63, 3.8) is 0 Å². The van der Waals surface area contributed by atoms with Gasteiger partial charge in [0.25, 0.3) is 0 Å². The van der Waals surface area contributed by atoms with Crippen molar-refractivity contribution < 1.29 is 4.79 Å². The fraction of sp³-hybridized carbons (Fsp3) is 0.0556. The van der Waals surface area contributed by atoms with E-state index in [9.17, 15) is 4.79 Å². The molecule has 0 saturated heterocycles. The molecule has 0 unspecified atom stereocenters. The lowest BCUT2D eigenvalue weighted by Crippen LogP contribution is -2.14. The van der Waals surface area contributed by atoms with Gasteiger partial charge in [0.2, 0.25) is 5.91 Å². The number of benzene rings is 2. The van der Waals surface area contributed by atoms with Crippen LogP contribution in [0.2, 0.25) is 0 Å². The number of para-hydroxylation sites is 1. The molecular formula is C18H15N3O. The topological polar surface area (TPSA) is 60.7 Å². The number of nitrogens with one attached hydrogen (secondary N) is 3. The van der Waals surface area contributed by atoms with E-state index in [1.54, 1.807) is 0 Å². The zero-order valence-corrected chi connectivity index (χ0v) is 11.9. The molecule has 0 atom stereocenters. The maximum Gasteiger partial charge on any atom is 0.228 e. The number of hydrogen-bond donors (Lipinski definition) is 3. The predicted octanol–water partition coefficient (Wildman–Crippen LogP) is 3.83. The third-order valence-electron chi connectivity index (χ3n) is 3.89. The van der Waals surface area contributed by atoms with Gasteiger partial charge in [-0.2, -0.15) is 0 Å². The molecule has 0 spiro atoms. The molecule has 2 aromatic heterocycles. The third kappa shape index (κ3) is 2.15. The fourth-order valence-electron chi connectivity index (χ4n) is 2.84. The van der Waals surface area contributed by atoms with Crippen LogP contribution in [0.15, 0.2) is 60.9 Å². The van der Waals surface area contributed by atoms with Crippen LogP contribution in [-0.4, -0.2) is 15.9 Å². The largest absolute Gasteiger partial charge is 0.361 e. The van der Waals surface area contributed by atoms with E-state index in [1.165, 1.54) is 0 Å². The molecule has 0 aliphatic carbocycles. The van der Waals surface area contributed by atoms with Gasteiger partial charge in [-0.15, -0.1) is 0 Å². The summed E-state index contributed by atoms with van der Waals surface area (Å²) < 4.78 is 0. The number of rotatable bonds is 3. The van der Waals surface area contributed by atoms with E-state index >= 15 is 0 Å². The van der Waals surface area contributed by atoms with Gasteiger partial charge in [0.15, 0.2) is 0 Å². The van der Waals surface area contributed by atoms with Gasteiger partial charge >= 0.3 is 0 Å². The molecule has 0 radical (unpaired) electrons. The van der Waals surface area contributed by atoms with Crippen LogP contribution in [0.1, 0.15) is 5.56 Å². The Hall–Kier alpha value is -3.01. The van der Waals surface area contributed by atoms with Gasteiger partial charge in [0.1, 0.15) is 0 Å². The minimum absolute atomic E-state index is 0.0153. The predicted molar refractivity (Wildman–Crippen MR) is 88.9 cm³/mol. The molecule has 0 saturated carbocycles. The van der Waals surface area contributed by atoms with Crippen LogP contribution in [-0.2, 0) is 11.2 Å². The second kappa shape index (κ2) is 5.07. The van der Waals surface area contributed by atoms with E-state index in [0.717, 1.165) is 33.1 Å². The summed E-state index contributed by atoms with van der Waals surface area (Å²) in [6, 6.07) is 15.8. The monoisotopic (exact) mass is 289 g/mol. The average Bonchev–Trinajstić information content (AvgIpc) is 3.15. The Balaban J connectivity index is 1.59. The Morgan fingerprint density at radius 2 is 1.73 bits per heavy atom. The number of hydrogen-bond acceptors (Lipinski definition) is 1. The van der Waals surface area contributed by atoms with Crippen molar-refractivity contribution in [2.75, 3.05) is 5.32 Å². The number of aromatic nitrogens is 2. The Labute approximate surface area is 127 Å². The van der Waals surface area contributed by atoms with Crippen LogP contribution >= 0.6 is 0 Å². The molecule has 3 N–H and O–H groups in total. The summed E-state index contributed by atoms with van der Waals surface area (Å²) in [5, 5.41) is 5.12. The summed E-state index contributed by atoms with van der Waals surface area (Å²) in [5.41, 5.74) is 3.92. The number of carbonyl (C=O) groups is 1. The average molecular weight is 289 g/mol. The number of anilines is 1. The Morgan fingerprint density at radius 3 is 2.68 bits per heavy atom. The highest BCUT2D eigenvalue weighted by Gasteiger charge is 2.10. The molecule has 4 nitrogen and oxygen atoms in total. The first-order valence-corrected chi connectivity index (χ1v) is 7.22. The molecule has 2 aromatic carbocycles. The summed E-state index contributed by atoms with van der Waals surface area (Å²) in [7, 11) is 0. The van der Waals surface area contributed by atoms with E-state index in [4.69, 9.17) is 0 Å². The lowest BCUT2D eigenvalue weighted by molar-refractivity contribution is -0.115. The summed E-state index contributed by atoms with van der Waals surface area (Å²) in [5.74, 6) is -0.0153. The highest BCUT2D eigenvalue weighted by molar-refractivity contribution is 6.02. The highest BCUT2D eigenvalue weighted by Crippen LogP contribution is 2.23. The van der Waals surface area contributed by atoms with Crippen LogP contribution in [0.5, 0.6) is 0 Å². The van der Waals surface area contributed by atoms with Crippen molar-refractivity contribution in [3.05, 3.63) is 66.5 Å². The number of aromatic amines is 2. The molecule has 4 aromatic rings. The van der Waals surface area contributed by atoms with Crippen LogP contribution < -0.4 is 5.32 Å². The molecule has 2 heterocycles. The van der Waals surface area contributed by atoms with Gasteiger partial charge in [0.05, 0.1) is 12.1 Å². The van der Waals surface area contributed by atoms with E-state index in [2.05, 4.69) is 15.3 Å². The molecule has 1 amide bonds. The number of fused-ring (bicyclic) bond motifs is 2. The van der Waals surface area contributed by atoms with E-state index < -0.39 is 0 Å². The van der Waals surface area contributed by atoms with Gasteiger partial charge in [-0.3, -0.25) is 4.79 Å². The first-order chi connectivity index (χ1) is 10.8. The van der Waals surface area contributed by atoms with Crippen molar-refractivity contribution in [1.29, 1.82) is 0 Å². The Kier molecular flexibility index (Phi) is 2.93. The molecule has 22 heavy (non-hydrogen) atoms. The summed E-state index contributed by atoms with van der Waals surface area (Å²) in [6.07, 6.45) is 4.13. The normalized spacial score (nSPS) is 11.1. The Bertz CT molecular complexity index is 964. The number of amides is 1. The van der Waals surface area contributed by atoms with E-state index in [1.807, 2.05) is 60.9 Å². The van der Waals surface area contributed by atoms with Crippen molar-refractivity contribution in [1.82, 2.24) is 9.97 Å². The van der Waals surface area contributed by atoms with Gasteiger partial charge in [-0.25, -0.2) is 0 Å². The lowest BCUT2D eigenvalue weighted by atomic mass is 10.1. The first kappa shape index (κ1) is 12.7. The lowest BCUT2D eigenvalue weighted by Gasteiger charge is -2.06. The molecule has 0 aliphatic rings. The van der Waals surface area contributed by atoms with Crippen molar-refractivity contribution in [2.24, 2.45) is 0 Å². The third-order valence-corrected chi connectivity index (χ3v) is 3.89. The van der Waals surface area contributed by atoms with Crippen LogP contribution in [0, 0.1) is 0 Å². The smallest absolute Gasteiger partial charge is 0.228 e. The van der Waals surface area contributed by atoms with Gasteiger partial charge in [-0.05, 0) is 29.8 Å². The molecule has 0 aliphatic heterocycles. The van der Waals surface area contributed by atoms with Crippen LogP contribution in [0.4, 0.5) is 5.69 Å². The summed E-state index contributed by atoms with van der Waals surface area (Å²) >= 11 is 0. The quantitative estimate of drug-likeness (QED) is 0.527. The van der Waals surface area contributed by atoms with Crippen molar-refractivity contribution in [2.45, 2.75) is 6.42 Å². The minimum Gasteiger partial charge on any atom is -0.361 e. The maximum absolute atomic E-state index is 12.4.